The highest BCUT2D eigenvalue weighted by atomic mass is 14.9. The summed E-state index contributed by atoms with van der Waals surface area (Å²) in [4.78, 5) is 0. The second kappa shape index (κ2) is 8.54. The summed E-state index contributed by atoms with van der Waals surface area (Å²) < 4.78 is 0. The highest BCUT2D eigenvalue weighted by Gasteiger charge is 1.93. The predicted octanol–water partition coefficient (Wildman–Crippen LogP) is 4.26. The van der Waals surface area contributed by atoms with E-state index in [1.807, 2.05) is 57.2 Å². The lowest BCUT2D eigenvalue weighted by Gasteiger charge is -2.08. The Bertz CT molecular complexity index is 352. The van der Waals surface area contributed by atoms with Crippen molar-refractivity contribution in [3.05, 3.63) is 72.7 Å². The Morgan fingerprint density at radius 2 is 1.81 bits per heavy atom. The second-order valence-electron chi connectivity index (χ2n) is 3.41. The SMILES string of the molecule is C=C/C=C\C(=C/C)NC(/C=C\C)=C/C(=C)C. The molecule has 0 amide bonds. The van der Waals surface area contributed by atoms with Crippen LogP contribution in [0.1, 0.15) is 20.8 Å². The van der Waals surface area contributed by atoms with Crippen molar-refractivity contribution in [3.63, 3.8) is 0 Å². The molecule has 0 aromatic carbocycles. The van der Waals surface area contributed by atoms with E-state index in [1.165, 1.54) is 0 Å². The van der Waals surface area contributed by atoms with Gasteiger partial charge in [0.15, 0.2) is 0 Å². The van der Waals surface area contributed by atoms with Gasteiger partial charge in [-0.25, -0.2) is 0 Å². The second-order valence-corrected chi connectivity index (χ2v) is 3.41. The Morgan fingerprint density at radius 1 is 1.12 bits per heavy atom. The Balaban J connectivity index is 4.80. The molecule has 86 valence electrons. The molecule has 1 N–H and O–H groups in total. The molecule has 0 spiro atoms. The average Bonchev–Trinajstić information content (AvgIpc) is 2.23. The van der Waals surface area contributed by atoms with Crippen LogP contribution in [0.25, 0.3) is 0 Å². The van der Waals surface area contributed by atoms with Crippen LogP contribution in [-0.2, 0) is 0 Å². The van der Waals surface area contributed by atoms with Crippen LogP contribution in [0.15, 0.2) is 72.7 Å². The lowest BCUT2D eigenvalue weighted by Crippen LogP contribution is -2.09. The first-order valence-electron chi connectivity index (χ1n) is 5.36. The van der Waals surface area contributed by atoms with Gasteiger partial charge in [-0.15, -0.1) is 0 Å². The third-order valence-electron chi connectivity index (χ3n) is 1.76. The fourth-order valence-electron chi connectivity index (χ4n) is 1.12. The molecule has 0 unspecified atom stereocenters. The molecule has 0 heterocycles. The van der Waals surface area contributed by atoms with Crippen LogP contribution in [0, 0.1) is 0 Å². The van der Waals surface area contributed by atoms with Crippen LogP contribution in [0.3, 0.4) is 0 Å². The fourth-order valence-corrected chi connectivity index (χ4v) is 1.12. The van der Waals surface area contributed by atoms with Gasteiger partial charge in [-0.2, -0.15) is 0 Å². The standard InChI is InChI=1S/C15H21N/c1-6-9-11-14(8-3)16-15(10-7-2)12-13(4)5/h6-12,16H,1,4H2,2-3,5H3/b10-7-,11-9-,14-8+,15-12+. The quantitative estimate of drug-likeness (QED) is 0.653. The van der Waals surface area contributed by atoms with Crippen LogP contribution >= 0.6 is 0 Å². The van der Waals surface area contributed by atoms with Crippen LogP contribution in [0.2, 0.25) is 0 Å². The van der Waals surface area contributed by atoms with Gasteiger partial charge in [0.2, 0.25) is 0 Å². The number of rotatable bonds is 6. The first-order valence-corrected chi connectivity index (χ1v) is 5.36. The maximum atomic E-state index is 3.87. The fraction of sp³-hybridized carbons (Fsp3) is 0.200. The minimum Gasteiger partial charge on any atom is -0.356 e. The van der Waals surface area contributed by atoms with Gasteiger partial charge in [0.25, 0.3) is 0 Å². The topological polar surface area (TPSA) is 12.0 Å². The average molecular weight is 215 g/mol. The zero-order chi connectivity index (χ0) is 12.4. The lowest BCUT2D eigenvalue weighted by atomic mass is 10.2. The van der Waals surface area contributed by atoms with Crippen LogP contribution in [0.4, 0.5) is 0 Å². The van der Waals surface area contributed by atoms with Crippen molar-refractivity contribution < 1.29 is 0 Å². The van der Waals surface area contributed by atoms with Gasteiger partial charge in [0, 0.05) is 11.4 Å². The Kier molecular flexibility index (Phi) is 7.60. The van der Waals surface area contributed by atoms with Crippen molar-refractivity contribution in [1.29, 1.82) is 0 Å². The van der Waals surface area contributed by atoms with E-state index in [1.54, 1.807) is 6.08 Å². The van der Waals surface area contributed by atoms with Crippen LogP contribution in [0.5, 0.6) is 0 Å². The molecule has 0 aromatic heterocycles. The molecule has 0 saturated heterocycles. The molecular weight excluding hydrogens is 194 g/mol. The Morgan fingerprint density at radius 3 is 2.25 bits per heavy atom. The van der Waals surface area contributed by atoms with Gasteiger partial charge in [-0.3, -0.25) is 0 Å². The molecule has 1 nitrogen and oxygen atoms in total. The van der Waals surface area contributed by atoms with Gasteiger partial charge in [-0.05, 0) is 39.0 Å². The summed E-state index contributed by atoms with van der Waals surface area (Å²) in [6.07, 6.45) is 13.6. The molecule has 0 fully saturated rings. The van der Waals surface area contributed by atoms with Crippen molar-refractivity contribution >= 4 is 0 Å². The minimum absolute atomic E-state index is 1.02. The summed E-state index contributed by atoms with van der Waals surface area (Å²) in [5.74, 6) is 0. The third-order valence-corrected chi connectivity index (χ3v) is 1.76. The molecule has 0 saturated carbocycles. The van der Waals surface area contributed by atoms with Crippen molar-refractivity contribution in [1.82, 2.24) is 5.32 Å². The van der Waals surface area contributed by atoms with Crippen molar-refractivity contribution in [3.8, 4) is 0 Å². The largest absolute Gasteiger partial charge is 0.356 e. The molecule has 0 rings (SSSR count). The first kappa shape index (κ1) is 14.2. The molecule has 0 aliphatic rings. The van der Waals surface area contributed by atoms with Crippen molar-refractivity contribution in [2.24, 2.45) is 0 Å². The maximum Gasteiger partial charge on any atom is 0.0383 e. The number of allylic oxidation sites excluding steroid dienone is 8. The Hall–Kier alpha value is -1.76. The monoisotopic (exact) mass is 215 g/mol. The van der Waals surface area contributed by atoms with Gasteiger partial charge >= 0.3 is 0 Å². The van der Waals surface area contributed by atoms with E-state index in [0.29, 0.717) is 0 Å². The number of nitrogens with one attached hydrogen (secondary N) is 1. The molecule has 0 atom stereocenters. The first-order chi connectivity index (χ1) is 7.63. The van der Waals surface area contributed by atoms with E-state index in [0.717, 1.165) is 17.0 Å². The molecule has 0 radical (unpaired) electrons. The summed E-state index contributed by atoms with van der Waals surface area (Å²) in [6.45, 7) is 13.5. The summed E-state index contributed by atoms with van der Waals surface area (Å²) >= 11 is 0. The van der Waals surface area contributed by atoms with Gasteiger partial charge in [0.05, 0.1) is 0 Å². The van der Waals surface area contributed by atoms with Crippen molar-refractivity contribution in [2.45, 2.75) is 20.8 Å². The number of hydrogen-bond acceptors (Lipinski definition) is 1. The van der Waals surface area contributed by atoms with E-state index in [9.17, 15) is 0 Å². The third kappa shape index (κ3) is 6.66. The lowest BCUT2D eigenvalue weighted by molar-refractivity contribution is 1.03. The van der Waals surface area contributed by atoms with E-state index < -0.39 is 0 Å². The molecule has 0 bridgehead atoms. The molecule has 0 aliphatic carbocycles. The van der Waals surface area contributed by atoms with Crippen LogP contribution in [-0.4, -0.2) is 0 Å². The summed E-state index contributed by atoms with van der Waals surface area (Å²) in [5.41, 5.74) is 3.08. The van der Waals surface area contributed by atoms with Crippen LogP contribution < -0.4 is 5.32 Å². The molecule has 1 heteroatoms. The summed E-state index contributed by atoms with van der Waals surface area (Å²) in [5, 5.41) is 3.31. The smallest absolute Gasteiger partial charge is 0.0383 e. The highest BCUT2D eigenvalue weighted by Crippen LogP contribution is 2.03. The zero-order valence-corrected chi connectivity index (χ0v) is 10.5. The van der Waals surface area contributed by atoms with E-state index in [2.05, 4.69) is 18.5 Å². The van der Waals surface area contributed by atoms with Gasteiger partial charge in [-0.1, -0.05) is 43.0 Å². The van der Waals surface area contributed by atoms with E-state index in [4.69, 9.17) is 0 Å². The Labute approximate surface area is 99.3 Å². The van der Waals surface area contributed by atoms with Crippen molar-refractivity contribution in [2.75, 3.05) is 0 Å². The van der Waals surface area contributed by atoms with Gasteiger partial charge in [0.1, 0.15) is 0 Å². The molecule has 16 heavy (non-hydrogen) atoms. The minimum atomic E-state index is 1.02. The molecule has 0 aromatic rings. The summed E-state index contributed by atoms with van der Waals surface area (Å²) in [7, 11) is 0. The maximum absolute atomic E-state index is 3.87. The van der Waals surface area contributed by atoms with E-state index in [-0.39, 0.29) is 0 Å². The molecular formula is C15H21N. The van der Waals surface area contributed by atoms with Gasteiger partial charge < -0.3 is 5.32 Å². The normalized spacial score (nSPS) is 13.4. The molecule has 0 aliphatic heterocycles. The highest BCUT2D eigenvalue weighted by molar-refractivity contribution is 5.32. The predicted molar refractivity (Wildman–Crippen MR) is 73.9 cm³/mol. The zero-order valence-electron chi connectivity index (χ0n) is 10.5. The summed E-state index contributed by atoms with van der Waals surface area (Å²) in [6, 6.07) is 0. The number of hydrogen-bond donors (Lipinski definition) is 1. The van der Waals surface area contributed by atoms with E-state index >= 15 is 0 Å².